The summed E-state index contributed by atoms with van der Waals surface area (Å²) >= 11 is 0. The number of ether oxygens (including phenoxy) is 16. The van der Waals surface area contributed by atoms with Crippen LogP contribution in [0.2, 0.25) is 0 Å². The maximum atomic E-state index is 14.6. The number of aliphatic hydroxyl groups is 3. The molecule has 3 N–H and O–H groups in total. The van der Waals surface area contributed by atoms with Crippen molar-refractivity contribution in [1.29, 1.82) is 0 Å². The van der Waals surface area contributed by atoms with E-state index < -0.39 is 121 Å². The fourth-order valence-corrected chi connectivity index (χ4v) is 17.6. The first kappa shape index (κ1) is 53.0. The summed E-state index contributed by atoms with van der Waals surface area (Å²) in [6, 6.07) is 0. The normalized spacial score (nSPS) is 60.0. The van der Waals surface area contributed by atoms with E-state index in [4.69, 9.17) is 75.8 Å². The van der Waals surface area contributed by atoms with E-state index in [1.165, 1.54) is 0 Å². The van der Waals surface area contributed by atoms with E-state index in [9.17, 15) is 20.1 Å². The highest BCUT2D eigenvalue weighted by molar-refractivity contribution is 5.70. The Bertz CT molecular complexity index is 2360. The predicted molar refractivity (Wildman–Crippen MR) is 266 cm³/mol. The van der Waals surface area contributed by atoms with Gasteiger partial charge in [0.25, 0.3) is 0 Å². The van der Waals surface area contributed by atoms with Gasteiger partial charge in [-0.05, 0) is 80.8 Å². The quantitative estimate of drug-likeness (QED) is 0.249. The van der Waals surface area contributed by atoms with Gasteiger partial charge in [0, 0.05) is 50.9 Å². The van der Waals surface area contributed by atoms with Gasteiger partial charge in [-0.1, -0.05) is 40.9 Å². The van der Waals surface area contributed by atoms with E-state index >= 15 is 0 Å². The standard InChI is InChI=1S/C58H82O20/c1-24-14-30-8-10-34-25(2)15-32(63-34)12-13-58-54(62)55(7)51(77-58)50-49(74-55)48(76-58)47-35(66-50)11-9-31(65-47)16-42(61)70-45-29(6)46-53(69-37(45)18-36(64-30)28(24)5)71-52-40(67-46)22-57(78-52)21-39-44(75-57)27(4)20-56(73-39)19-26(3)43-38(72-56)17-33(60)41(23-59)68-43/h24,26-27,29-41,43-54,59-60,62H,2,5,8-23H2,1,3-4,6-7H3. The Morgan fingerprint density at radius 2 is 1.28 bits per heavy atom. The van der Waals surface area contributed by atoms with Gasteiger partial charge in [-0.2, -0.15) is 0 Å². The van der Waals surface area contributed by atoms with Crippen LogP contribution in [0.5, 0.6) is 0 Å². The average molecular weight is 1100 g/mol. The third-order valence-corrected chi connectivity index (χ3v) is 21.5. The van der Waals surface area contributed by atoms with Gasteiger partial charge in [0.1, 0.15) is 72.7 Å². The van der Waals surface area contributed by atoms with Gasteiger partial charge in [-0.15, -0.1) is 0 Å². The van der Waals surface area contributed by atoms with Crippen LogP contribution < -0.4 is 0 Å². The highest BCUT2D eigenvalue weighted by atomic mass is 16.9. The lowest BCUT2D eigenvalue weighted by Gasteiger charge is -2.54. The molecule has 32 unspecified atom stereocenters. The highest BCUT2D eigenvalue weighted by Crippen LogP contribution is 2.60. The van der Waals surface area contributed by atoms with Gasteiger partial charge in [0.2, 0.25) is 0 Å². The molecular formula is C58H82O20. The minimum atomic E-state index is -1.36. The molecule has 0 aromatic carbocycles. The first-order chi connectivity index (χ1) is 37.4. The predicted octanol–water partition coefficient (Wildman–Crippen LogP) is 4.08. The molecule has 434 valence electrons. The summed E-state index contributed by atoms with van der Waals surface area (Å²) in [6.45, 7) is 19.2. The Balaban J connectivity index is 0.674. The number of carbonyl (C=O) groups excluding carboxylic acids is 1. The van der Waals surface area contributed by atoms with Crippen molar-refractivity contribution in [2.45, 2.75) is 301 Å². The Hall–Kier alpha value is -1.77. The fraction of sp³-hybridized carbons (Fsp3) is 0.914. The van der Waals surface area contributed by atoms with Crippen molar-refractivity contribution in [3.63, 3.8) is 0 Å². The summed E-state index contributed by atoms with van der Waals surface area (Å²) < 4.78 is 109. The van der Waals surface area contributed by atoms with Crippen LogP contribution in [0.4, 0.5) is 0 Å². The van der Waals surface area contributed by atoms with E-state index in [1.54, 1.807) is 0 Å². The van der Waals surface area contributed by atoms with Crippen molar-refractivity contribution in [2.24, 2.45) is 23.7 Å². The second kappa shape index (κ2) is 19.1. The minimum absolute atomic E-state index is 0.0136. The van der Waals surface area contributed by atoms with Crippen LogP contribution in [0.15, 0.2) is 24.3 Å². The van der Waals surface area contributed by atoms with Crippen LogP contribution in [0.1, 0.15) is 131 Å². The number of hydrogen-bond acceptors (Lipinski definition) is 20. The van der Waals surface area contributed by atoms with E-state index in [0.29, 0.717) is 70.6 Å². The summed E-state index contributed by atoms with van der Waals surface area (Å²) in [4.78, 5) is 14.6. The second-order valence-corrected chi connectivity index (χ2v) is 26.9. The summed E-state index contributed by atoms with van der Waals surface area (Å²) in [5.41, 5.74) is 0.979. The van der Waals surface area contributed by atoms with Crippen LogP contribution in [0.25, 0.3) is 0 Å². The SMILES string of the molecule is C=C1CC2CCC34OC5C6OC(CCC6OC6C5OC(C)(C6O3)C4O)CC(=O)OC3C(CC4OC(CCC1O2)CC(C)C4=C)OC1OC2OC4(CC2OC1C3C)CC1OC2(CC(C)C3OC(CO)C(O)CC3O2)CC(C)C1O4. The molecule has 12 bridgehead atoms. The first-order valence-electron chi connectivity index (χ1n) is 29.9. The largest absolute Gasteiger partial charge is 0.459 e. The van der Waals surface area contributed by atoms with Crippen LogP contribution in [0.3, 0.4) is 0 Å². The molecule has 16 saturated heterocycles. The van der Waals surface area contributed by atoms with Crippen molar-refractivity contribution in [2.75, 3.05) is 6.61 Å². The summed E-state index contributed by atoms with van der Waals surface area (Å²) in [5.74, 6) is -3.81. The number of hydrogen-bond donors (Lipinski definition) is 3. The molecular weight excluding hydrogens is 1020 g/mol. The number of esters is 1. The Labute approximate surface area is 455 Å². The molecule has 20 heteroatoms. The molecule has 16 aliphatic heterocycles. The molecule has 0 aromatic rings. The van der Waals surface area contributed by atoms with Crippen molar-refractivity contribution in [3.8, 4) is 0 Å². The van der Waals surface area contributed by atoms with Crippen molar-refractivity contribution in [3.05, 3.63) is 24.3 Å². The number of rotatable bonds is 1. The smallest absolute Gasteiger partial charge is 0.308 e. The first-order valence-corrected chi connectivity index (χ1v) is 29.9. The zero-order valence-electron chi connectivity index (χ0n) is 45.7. The van der Waals surface area contributed by atoms with Crippen LogP contribution in [0, 0.1) is 23.7 Å². The maximum Gasteiger partial charge on any atom is 0.308 e. The molecule has 32 atom stereocenters. The zero-order chi connectivity index (χ0) is 53.5. The number of aliphatic hydroxyl groups excluding tert-OH is 3. The Kier molecular flexibility index (Phi) is 13.0. The molecule has 16 heterocycles. The van der Waals surface area contributed by atoms with Crippen LogP contribution in [-0.2, 0) is 80.6 Å². The minimum Gasteiger partial charge on any atom is -0.459 e. The topological polar surface area (TPSA) is 225 Å². The van der Waals surface area contributed by atoms with Gasteiger partial charge in [0.05, 0.1) is 80.2 Å². The van der Waals surface area contributed by atoms with Gasteiger partial charge in [-0.3, -0.25) is 4.79 Å². The van der Waals surface area contributed by atoms with Crippen LogP contribution in [-0.4, -0.2) is 198 Å². The lowest BCUT2D eigenvalue weighted by Crippen LogP contribution is -2.63. The molecule has 0 radical (unpaired) electrons. The molecule has 16 aliphatic rings. The van der Waals surface area contributed by atoms with Gasteiger partial charge >= 0.3 is 5.97 Å². The third-order valence-electron chi connectivity index (χ3n) is 21.5. The lowest BCUT2D eigenvalue weighted by atomic mass is 9.78. The molecule has 0 saturated carbocycles. The molecule has 16 fully saturated rings. The molecule has 0 aliphatic carbocycles. The zero-order valence-corrected chi connectivity index (χ0v) is 45.7. The molecule has 0 amide bonds. The number of fused-ring (bicyclic) bond motifs is 10. The van der Waals surface area contributed by atoms with Gasteiger partial charge < -0.3 is 91.1 Å². The van der Waals surface area contributed by atoms with Crippen molar-refractivity contribution >= 4 is 5.97 Å². The molecule has 20 nitrogen and oxygen atoms in total. The maximum absolute atomic E-state index is 14.6. The van der Waals surface area contributed by atoms with Crippen LogP contribution >= 0.6 is 0 Å². The summed E-state index contributed by atoms with van der Waals surface area (Å²) in [7, 11) is 0. The van der Waals surface area contributed by atoms with Crippen molar-refractivity contribution < 1.29 is 95.9 Å². The lowest BCUT2D eigenvalue weighted by molar-refractivity contribution is -0.393. The fourth-order valence-electron chi connectivity index (χ4n) is 17.6. The second-order valence-electron chi connectivity index (χ2n) is 26.9. The highest BCUT2D eigenvalue weighted by Gasteiger charge is 2.77. The molecule has 16 rings (SSSR count). The van der Waals surface area contributed by atoms with E-state index in [-0.39, 0.29) is 91.6 Å². The molecule has 3 spiro atoms. The summed E-state index contributed by atoms with van der Waals surface area (Å²) in [5, 5.41) is 32.7. The Morgan fingerprint density at radius 1 is 0.551 bits per heavy atom. The molecule has 78 heavy (non-hydrogen) atoms. The third kappa shape index (κ3) is 8.44. The molecule has 0 aromatic heterocycles. The average Bonchev–Trinajstić information content (AvgIpc) is 4.27. The van der Waals surface area contributed by atoms with E-state index in [2.05, 4.69) is 33.9 Å². The van der Waals surface area contributed by atoms with Gasteiger partial charge in [0.15, 0.2) is 29.9 Å². The van der Waals surface area contributed by atoms with E-state index in [0.717, 1.165) is 30.4 Å². The number of carbonyl (C=O) groups is 1. The monoisotopic (exact) mass is 1100 g/mol. The summed E-state index contributed by atoms with van der Waals surface area (Å²) in [6.07, 6.45) is -4.26. The Morgan fingerprint density at radius 3 is 2.12 bits per heavy atom. The van der Waals surface area contributed by atoms with Gasteiger partial charge in [-0.25, -0.2) is 0 Å². The van der Waals surface area contributed by atoms with Crippen molar-refractivity contribution in [1.82, 2.24) is 0 Å². The van der Waals surface area contributed by atoms with E-state index in [1.807, 2.05) is 13.8 Å².